The van der Waals surface area contributed by atoms with Gasteiger partial charge in [0.1, 0.15) is 5.41 Å². The summed E-state index contributed by atoms with van der Waals surface area (Å²) in [5.41, 5.74) is -1.96. The molecule has 4 aliphatic rings. The van der Waals surface area contributed by atoms with Crippen LogP contribution in [0.25, 0.3) is 0 Å². The van der Waals surface area contributed by atoms with Gasteiger partial charge in [0.05, 0.1) is 6.61 Å². The van der Waals surface area contributed by atoms with Crippen molar-refractivity contribution < 1.29 is 14.3 Å². The number of allylic oxidation sites excluding steroid dienone is 2. The molecule has 24 heavy (non-hydrogen) atoms. The molecule has 3 nitrogen and oxygen atoms in total. The van der Waals surface area contributed by atoms with Gasteiger partial charge in [0, 0.05) is 17.3 Å². The van der Waals surface area contributed by atoms with Gasteiger partial charge in [0.2, 0.25) is 0 Å². The normalized spacial score (nSPS) is 51.3. The van der Waals surface area contributed by atoms with Gasteiger partial charge in [-0.2, -0.15) is 0 Å². The Morgan fingerprint density at radius 3 is 2.58 bits per heavy atom. The lowest BCUT2D eigenvalue weighted by Crippen LogP contribution is -2.62. The number of esters is 1. The van der Waals surface area contributed by atoms with E-state index in [4.69, 9.17) is 4.74 Å². The highest BCUT2D eigenvalue weighted by Crippen LogP contribution is 2.82. The van der Waals surface area contributed by atoms with Crippen molar-refractivity contribution >= 4 is 11.8 Å². The van der Waals surface area contributed by atoms with Crippen LogP contribution in [0.1, 0.15) is 46.0 Å². The summed E-state index contributed by atoms with van der Waals surface area (Å²) >= 11 is 0. The Bertz CT molecular complexity index is 637. The van der Waals surface area contributed by atoms with Gasteiger partial charge in [-0.1, -0.05) is 25.5 Å². The fourth-order valence-electron chi connectivity index (χ4n) is 7.55. The van der Waals surface area contributed by atoms with Crippen molar-refractivity contribution in [3.8, 4) is 0 Å². The van der Waals surface area contributed by atoms with Crippen LogP contribution >= 0.6 is 0 Å². The Morgan fingerprint density at radius 2 is 1.96 bits per heavy atom. The molecule has 7 atom stereocenters. The maximum Gasteiger partial charge on any atom is 0.321 e. The molecule has 4 saturated carbocycles. The second-order valence-corrected chi connectivity index (χ2v) is 8.52. The van der Waals surface area contributed by atoms with E-state index < -0.39 is 16.2 Å². The van der Waals surface area contributed by atoms with Gasteiger partial charge in [-0.05, 0) is 49.9 Å². The fourth-order valence-corrected chi connectivity index (χ4v) is 7.55. The number of carbonyl (C=O) groups excluding carboxylic acids is 2. The molecule has 0 radical (unpaired) electrons. The molecule has 0 spiro atoms. The van der Waals surface area contributed by atoms with Crippen LogP contribution in [0.4, 0.5) is 0 Å². The summed E-state index contributed by atoms with van der Waals surface area (Å²) in [6, 6.07) is 0. The molecule has 0 amide bonds. The van der Waals surface area contributed by atoms with Gasteiger partial charge in [0.15, 0.2) is 5.78 Å². The van der Waals surface area contributed by atoms with Gasteiger partial charge in [-0.3, -0.25) is 9.59 Å². The molecule has 3 heteroatoms. The van der Waals surface area contributed by atoms with Crippen LogP contribution in [-0.4, -0.2) is 18.4 Å². The van der Waals surface area contributed by atoms with Gasteiger partial charge in [-0.15, -0.1) is 13.2 Å². The molecule has 4 fully saturated rings. The molecule has 0 aromatic rings. The zero-order valence-electron chi connectivity index (χ0n) is 14.8. The lowest BCUT2D eigenvalue weighted by molar-refractivity contribution is -0.182. The van der Waals surface area contributed by atoms with E-state index in [0.29, 0.717) is 30.8 Å². The van der Waals surface area contributed by atoms with Crippen LogP contribution < -0.4 is 0 Å². The standard InChI is InChI=1S/C21H28O3/c1-5-19-12-15-13(4)8-9-16(15)20(6-2)11-14(19)10-17(22)21(19,20)18(23)24-7-3/h5-6,13-16H,1-2,7-12H2,3-4H3/t13-,14-,15-,16-,19-,20-,21-/m1/s1. The number of fused-ring (bicyclic) bond motifs is 2. The zero-order valence-corrected chi connectivity index (χ0v) is 14.8. The topological polar surface area (TPSA) is 43.4 Å². The minimum atomic E-state index is -1.07. The summed E-state index contributed by atoms with van der Waals surface area (Å²) < 4.78 is 5.53. The van der Waals surface area contributed by atoms with Gasteiger partial charge in [-0.25, -0.2) is 0 Å². The van der Waals surface area contributed by atoms with E-state index in [9.17, 15) is 9.59 Å². The van der Waals surface area contributed by atoms with Crippen molar-refractivity contribution in [1.29, 1.82) is 0 Å². The van der Waals surface area contributed by atoms with Crippen LogP contribution in [0.5, 0.6) is 0 Å². The Morgan fingerprint density at radius 1 is 1.25 bits per heavy atom. The Labute approximate surface area is 144 Å². The molecule has 0 heterocycles. The minimum Gasteiger partial charge on any atom is -0.465 e. The second-order valence-electron chi connectivity index (χ2n) is 8.52. The van der Waals surface area contributed by atoms with E-state index in [1.807, 2.05) is 19.1 Å². The molecule has 0 aromatic heterocycles. The smallest absolute Gasteiger partial charge is 0.321 e. The lowest BCUT2D eigenvalue weighted by atomic mass is 9.44. The number of rotatable bonds is 4. The highest BCUT2D eigenvalue weighted by atomic mass is 16.5. The number of carbonyl (C=O) groups is 2. The predicted octanol–water partition coefficient (Wildman–Crippen LogP) is 3.94. The van der Waals surface area contributed by atoms with Crippen LogP contribution in [0.3, 0.4) is 0 Å². The highest BCUT2D eigenvalue weighted by molar-refractivity contribution is 6.10. The molecule has 130 valence electrons. The number of Topliss-reactive ketones (excluding diaryl/α,β-unsaturated/α-hetero) is 1. The van der Waals surface area contributed by atoms with Crippen molar-refractivity contribution in [2.45, 2.75) is 46.0 Å². The molecular weight excluding hydrogens is 300 g/mol. The van der Waals surface area contributed by atoms with Gasteiger partial charge < -0.3 is 4.74 Å². The molecule has 4 aliphatic carbocycles. The van der Waals surface area contributed by atoms with Crippen molar-refractivity contribution in [2.24, 2.45) is 39.9 Å². The third-order valence-corrected chi connectivity index (χ3v) is 8.29. The van der Waals surface area contributed by atoms with Crippen molar-refractivity contribution in [3.63, 3.8) is 0 Å². The molecule has 4 rings (SSSR count). The van der Waals surface area contributed by atoms with E-state index in [1.54, 1.807) is 0 Å². The quantitative estimate of drug-likeness (QED) is 0.446. The molecule has 0 aliphatic heterocycles. The molecule has 0 aromatic carbocycles. The molecule has 0 saturated heterocycles. The van der Waals surface area contributed by atoms with E-state index in [0.717, 1.165) is 19.3 Å². The summed E-state index contributed by atoms with van der Waals surface area (Å²) in [4.78, 5) is 26.6. The average Bonchev–Trinajstić information content (AvgIpc) is 3.11. The molecule has 0 N–H and O–H groups in total. The Kier molecular flexibility index (Phi) is 3.24. The van der Waals surface area contributed by atoms with Crippen molar-refractivity contribution in [1.82, 2.24) is 0 Å². The summed E-state index contributed by atoms with van der Waals surface area (Å²) in [6.07, 6.45) is 8.48. The van der Waals surface area contributed by atoms with Crippen LogP contribution in [-0.2, 0) is 14.3 Å². The van der Waals surface area contributed by atoms with Crippen LogP contribution in [0.15, 0.2) is 25.3 Å². The first-order chi connectivity index (χ1) is 11.4. The zero-order chi connectivity index (χ0) is 17.3. The van der Waals surface area contributed by atoms with Crippen LogP contribution in [0.2, 0.25) is 0 Å². The summed E-state index contributed by atoms with van der Waals surface area (Å²) in [6.45, 7) is 12.7. The summed E-state index contributed by atoms with van der Waals surface area (Å²) in [5.74, 6) is 1.54. The number of ketones is 1. The Hall–Kier alpha value is -1.38. The molecule has 4 bridgehead atoms. The minimum absolute atomic E-state index is 0.0787. The van der Waals surface area contributed by atoms with Gasteiger partial charge >= 0.3 is 5.97 Å². The van der Waals surface area contributed by atoms with Crippen molar-refractivity contribution in [3.05, 3.63) is 25.3 Å². The maximum absolute atomic E-state index is 13.3. The third kappa shape index (κ3) is 1.35. The number of hydrogen-bond donors (Lipinski definition) is 0. The van der Waals surface area contributed by atoms with Gasteiger partial charge in [0.25, 0.3) is 0 Å². The first kappa shape index (κ1) is 16.1. The lowest BCUT2D eigenvalue weighted by Gasteiger charge is -2.56. The predicted molar refractivity (Wildman–Crippen MR) is 92.1 cm³/mol. The van der Waals surface area contributed by atoms with E-state index >= 15 is 0 Å². The highest BCUT2D eigenvalue weighted by Gasteiger charge is 2.85. The van der Waals surface area contributed by atoms with E-state index in [-0.39, 0.29) is 17.7 Å². The summed E-state index contributed by atoms with van der Waals surface area (Å²) in [7, 11) is 0. The second kappa shape index (κ2) is 4.83. The third-order valence-electron chi connectivity index (χ3n) is 8.29. The van der Waals surface area contributed by atoms with Crippen molar-refractivity contribution in [2.75, 3.05) is 6.61 Å². The fraction of sp³-hybridized carbons (Fsp3) is 0.714. The van der Waals surface area contributed by atoms with E-state index in [1.165, 1.54) is 6.42 Å². The Balaban J connectivity index is 2.00. The monoisotopic (exact) mass is 328 g/mol. The van der Waals surface area contributed by atoms with Crippen LogP contribution in [0, 0.1) is 39.9 Å². The number of ether oxygens (including phenoxy) is 1. The first-order valence-corrected chi connectivity index (χ1v) is 9.43. The van der Waals surface area contributed by atoms with E-state index in [2.05, 4.69) is 20.1 Å². The SMILES string of the molecule is C=C[C@@]12C[C@@H]3[C@H](C)CC[C@H]3[C@@]3(C=C)C[C@H]1CC(=O)[C@@]23C(=O)OCC. The first-order valence-electron chi connectivity index (χ1n) is 9.43. The molecular formula is C21H28O3. The largest absolute Gasteiger partial charge is 0.465 e. The average molecular weight is 328 g/mol. The number of hydrogen-bond acceptors (Lipinski definition) is 3. The summed E-state index contributed by atoms with van der Waals surface area (Å²) in [5, 5.41) is 0. The molecule has 0 unspecified atom stereocenters. The maximum atomic E-state index is 13.3.